The number of nitrogens with zero attached hydrogens (tertiary/aromatic N) is 1. The number of hydrogen-bond donors (Lipinski definition) is 3. The van der Waals surface area contributed by atoms with E-state index in [1.807, 2.05) is 86.6 Å². The van der Waals surface area contributed by atoms with Gasteiger partial charge in [0, 0.05) is 19.5 Å². The quantitative estimate of drug-likeness (QED) is 0.353. The van der Waals surface area contributed by atoms with E-state index >= 15 is 0 Å². The summed E-state index contributed by atoms with van der Waals surface area (Å²) in [5.74, 6) is -2.00. The molecule has 3 aromatic rings. The molecule has 0 unspecified atom stereocenters. The number of nitrogens with one attached hydrogen (secondary N) is 1. The second-order valence-corrected chi connectivity index (χ2v) is 9.65. The number of carboxylic acid groups (broad SMARTS) is 1. The molecular formula is C29H35N3O4. The minimum atomic E-state index is -1.11. The van der Waals surface area contributed by atoms with Crippen LogP contribution in [0.5, 0.6) is 0 Å². The average Bonchev–Trinajstić information content (AvgIpc) is 2.85. The van der Waals surface area contributed by atoms with Crippen LogP contribution in [-0.4, -0.2) is 47.0 Å². The Hall–Kier alpha value is -3.87. The van der Waals surface area contributed by atoms with Crippen LogP contribution >= 0.6 is 0 Å². The summed E-state index contributed by atoms with van der Waals surface area (Å²) in [4.78, 5) is 39.0. The van der Waals surface area contributed by atoms with Crippen LogP contribution in [0.4, 0.5) is 4.79 Å². The van der Waals surface area contributed by atoms with Crippen molar-refractivity contribution >= 4 is 28.7 Å². The minimum Gasteiger partial charge on any atom is -0.480 e. The fraction of sp³-hybridized carbons (Fsp3) is 0.345. The third kappa shape index (κ3) is 7.83. The van der Waals surface area contributed by atoms with Gasteiger partial charge in [-0.25, -0.2) is 9.59 Å². The summed E-state index contributed by atoms with van der Waals surface area (Å²) in [5, 5.41) is 14.6. The number of urea groups is 1. The van der Waals surface area contributed by atoms with Gasteiger partial charge in [-0.2, -0.15) is 0 Å². The summed E-state index contributed by atoms with van der Waals surface area (Å²) in [6, 6.07) is 21.8. The van der Waals surface area contributed by atoms with Crippen molar-refractivity contribution in [2.75, 3.05) is 13.1 Å². The number of nitrogens with two attached hydrogens (primary N) is 1. The van der Waals surface area contributed by atoms with Gasteiger partial charge in [-0.15, -0.1) is 0 Å². The lowest BCUT2D eigenvalue weighted by Crippen LogP contribution is -2.51. The molecule has 0 spiro atoms. The summed E-state index contributed by atoms with van der Waals surface area (Å²) >= 11 is 0. The maximum atomic E-state index is 13.2. The molecule has 0 aliphatic rings. The predicted molar refractivity (Wildman–Crippen MR) is 141 cm³/mol. The summed E-state index contributed by atoms with van der Waals surface area (Å²) in [7, 11) is 0. The van der Waals surface area contributed by atoms with Crippen molar-refractivity contribution in [1.82, 2.24) is 10.2 Å². The molecule has 0 saturated heterocycles. The van der Waals surface area contributed by atoms with Gasteiger partial charge in [-0.1, -0.05) is 86.6 Å². The van der Waals surface area contributed by atoms with E-state index in [0.29, 0.717) is 19.4 Å². The third-order valence-corrected chi connectivity index (χ3v) is 6.19. The molecule has 0 saturated carbocycles. The standard InChI is InChI=1S/C29H35N3O4/c1-20(2)18-32(19-25(27(30)33)15-12-21-8-4-3-5-9-21)29(36)31-26(28(34)35)17-22-13-14-23-10-6-7-11-24(23)16-22/h3-11,13-14,16,20,25-26H,12,15,17-19H2,1-2H3,(H2,30,33)(H,31,36)(H,34,35)/t25-,26-/m0/s1. The molecule has 2 atom stereocenters. The Labute approximate surface area is 212 Å². The lowest BCUT2D eigenvalue weighted by atomic mass is 9.98. The van der Waals surface area contributed by atoms with Crippen molar-refractivity contribution in [2.45, 2.75) is 39.2 Å². The topological polar surface area (TPSA) is 113 Å². The van der Waals surface area contributed by atoms with E-state index in [9.17, 15) is 19.5 Å². The van der Waals surface area contributed by atoms with Crippen LogP contribution in [0.1, 0.15) is 31.4 Å². The number of carboxylic acids is 1. The molecule has 0 aromatic heterocycles. The van der Waals surface area contributed by atoms with Crippen LogP contribution in [0, 0.1) is 11.8 Å². The van der Waals surface area contributed by atoms with Crippen LogP contribution in [0.15, 0.2) is 72.8 Å². The number of fused-ring (bicyclic) bond motifs is 1. The van der Waals surface area contributed by atoms with Gasteiger partial charge in [0.25, 0.3) is 0 Å². The van der Waals surface area contributed by atoms with Gasteiger partial charge in [0.05, 0.1) is 5.92 Å². The van der Waals surface area contributed by atoms with Gasteiger partial charge < -0.3 is 21.1 Å². The molecule has 36 heavy (non-hydrogen) atoms. The monoisotopic (exact) mass is 489 g/mol. The predicted octanol–water partition coefficient (Wildman–Crippen LogP) is 4.24. The summed E-state index contributed by atoms with van der Waals surface area (Å²) < 4.78 is 0. The number of primary amides is 1. The molecule has 0 radical (unpaired) electrons. The van der Waals surface area contributed by atoms with Crippen molar-refractivity contribution in [3.8, 4) is 0 Å². The van der Waals surface area contributed by atoms with Gasteiger partial charge >= 0.3 is 12.0 Å². The fourth-order valence-corrected chi connectivity index (χ4v) is 4.30. The molecule has 0 heterocycles. The maximum Gasteiger partial charge on any atom is 0.326 e. The zero-order chi connectivity index (χ0) is 26.1. The smallest absolute Gasteiger partial charge is 0.326 e. The number of carbonyl (C=O) groups is 3. The largest absolute Gasteiger partial charge is 0.480 e. The Balaban J connectivity index is 1.70. The molecule has 7 nitrogen and oxygen atoms in total. The Morgan fingerprint density at radius 3 is 2.19 bits per heavy atom. The lowest BCUT2D eigenvalue weighted by molar-refractivity contribution is -0.139. The number of amides is 3. The van der Waals surface area contributed by atoms with Crippen LogP contribution in [0.3, 0.4) is 0 Å². The fourth-order valence-electron chi connectivity index (χ4n) is 4.30. The SMILES string of the molecule is CC(C)CN(C[C@H](CCc1ccccc1)C(N)=O)C(=O)N[C@@H](Cc1ccc2ccccc2c1)C(=O)O. The second-order valence-electron chi connectivity index (χ2n) is 9.65. The molecule has 3 amide bonds. The van der Waals surface area contributed by atoms with E-state index < -0.39 is 29.9 Å². The first-order chi connectivity index (χ1) is 17.2. The van der Waals surface area contributed by atoms with Crippen LogP contribution in [-0.2, 0) is 22.4 Å². The zero-order valence-electron chi connectivity index (χ0n) is 20.9. The highest BCUT2D eigenvalue weighted by molar-refractivity contribution is 5.85. The number of benzene rings is 3. The van der Waals surface area contributed by atoms with Crippen LogP contribution in [0.2, 0.25) is 0 Å². The summed E-state index contributed by atoms with van der Waals surface area (Å²) in [6.45, 7) is 4.44. The highest BCUT2D eigenvalue weighted by Crippen LogP contribution is 2.18. The minimum absolute atomic E-state index is 0.127. The molecule has 0 aliphatic carbocycles. The number of rotatable bonds is 12. The lowest BCUT2D eigenvalue weighted by Gasteiger charge is -2.29. The first kappa shape index (κ1) is 26.7. The van der Waals surface area contributed by atoms with Crippen molar-refractivity contribution in [2.24, 2.45) is 17.6 Å². The van der Waals surface area contributed by atoms with Gasteiger partial charge in [0.15, 0.2) is 0 Å². The first-order valence-corrected chi connectivity index (χ1v) is 12.3. The molecule has 3 rings (SSSR count). The summed E-state index contributed by atoms with van der Waals surface area (Å²) in [6.07, 6.45) is 1.31. The molecule has 4 N–H and O–H groups in total. The number of aryl methyl sites for hydroxylation is 1. The zero-order valence-corrected chi connectivity index (χ0v) is 20.9. The summed E-state index contributed by atoms with van der Waals surface area (Å²) in [5.41, 5.74) is 7.59. The number of carbonyl (C=O) groups excluding carboxylic acids is 2. The van der Waals surface area contributed by atoms with Crippen LogP contribution in [0.25, 0.3) is 10.8 Å². The van der Waals surface area contributed by atoms with Crippen molar-refractivity contribution in [1.29, 1.82) is 0 Å². The normalized spacial score (nSPS) is 12.8. The maximum absolute atomic E-state index is 13.2. The Morgan fingerprint density at radius 1 is 0.889 bits per heavy atom. The van der Waals surface area contributed by atoms with Crippen molar-refractivity contribution in [3.63, 3.8) is 0 Å². The third-order valence-electron chi connectivity index (χ3n) is 6.19. The van der Waals surface area contributed by atoms with Gasteiger partial charge in [0.2, 0.25) is 5.91 Å². The average molecular weight is 490 g/mol. The molecule has 0 aliphatic heterocycles. The van der Waals surface area contributed by atoms with Crippen molar-refractivity contribution in [3.05, 3.63) is 83.9 Å². The van der Waals surface area contributed by atoms with E-state index in [1.165, 1.54) is 4.90 Å². The molecule has 7 heteroatoms. The van der Waals surface area contributed by atoms with Gasteiger partial charge in [-0.3, -0.25) is 4.79 Å². The van der Waals surface area contributed by atoms with E-state index in [1.54, 1.807) is 0 Å². The molecule has 0 fully saturated rings. The Kier molecular flexibility index (Phi) is 9.45. The highest BCUT2D eigenvalue weighted by Gasteiger charge is 2.27. The first-order valence-electron chi connectivity index (χ1n) is 12.3. The van der Waals surface area contributed by atoms with Gasteiger partial charge in [-0.05, 0) is 40.7 Å². The molecule has 190 valence electrons. The Morgan fingerprint density at radius 2 is 1.56 bits per heavy atom. The van der Waals surface area contributed by atoms with E-state index in [4.69, 9.17) is 5.73 Å². The number of aliphatic carboxylic acids is 1. The van der Waals surface area contributed by atoms with E-state index in [-0.39, 0.29) is 18.9 Å². The second kappa shape index (κ2) is 12.7. The molecule has 0 bridgehead atoms. The van der Waals surface area contributed by atoms with E-state index in [2.05, 4.69) is 5.32 Å². The Bertz CT molecular complexity index is 1180. The highest BCUT2D eigenvalue weighted by atomic mass is 16.4. The molecular weight excluding hydrogens is 454 g/mol. The van der Waals surface area contributed by atoms with Crippen LogP contribution < -0.4 is 11.1 Å². The number of hydrogen-bond acceptors (Lipinski definition) is 3. The van der Waals surface area contributed by atoms with Crippen molar-refractivity contribution < 1.29 is 19.5 Å². The van der Waals surface area contributed by atoms with Gasteiger partial charge in [0.1, 0.15) is 6.04 Å². The molecule has 3 aromatic carbocycles. The van der Waals surface area contributed by atoms with E-state index in [0.717, 1.165) is 21.9 Å².